The van der Waals surface area contributed by atoms with E-state index in [1.54, 1.807) is 38.1 Å². The molecule has 35 heavy (non-hydrogen) atoms. The molecule has 1 aliphatic rings. The third-order valence-corrected chi connectivity index (χ3v) is 6.16. The van der Waals surface area contributed by atoms with E-state index < -0.39 is 23.7 Å². The van der Waals surface area contributed by atoms with Crippen LogP contribution >= 0.6 is 11.8 Å². The Balaban J connectivity index is 1.67. The molecule has 7 nitrogen and oxygen atoms in total. The highest BCUT2D eigenvalue weighted by atomic mass is 32.2. The highest BCUT2D eigenvalue weighted by molar-refractivity contribution is 8.18. The minimum absolute atomic E-state index is 0.158. The van der Waals surface area contributed by atoms with Gasteiger partial charge in [0, 0.05) is 11.1 Å². The highest BCUT2D eigenvalue weighted by Gasteiger charge is 2.37. The SMILES string of the molecule is CC(C)OC(=O)CN1C(=O)S/C(=C/c2c(OCc3ccccc3C#N)ccc3ccccc23)C1=O. The summed E-state index contributed by atoms with van der Waals surface area (Å²) in [5.74, 6) is -0.703. The lowest BCUT2D eigenvalue weighted by atomic mass is 10.0. The van der Waals surface area contributed by atoms with Crippen LogP contribution < -0.4 is 4.74 Å². The van der Waals surface area contributed by atoms with Crippen molar-refractivity contribution >= 4 is 45.7 Å². The fourth-order valence-corrected chi connectivity index (χ4v) is 4.48. The van der Waals surface area contributed by atoms with E-state index in [2.05, 4.69) is 6.07 Å². The van der Waals surface area contributed by atoms with Gasteiger partial charge in [-0.3, -0.25) is 19.3 Å². The minimum Gasteiger partial charge on any atom is -0.488 e. The molecule has 0 aromatic heterocycles. The fraction of sp³-hybridized carbons (Fsp3) is 0.185. The van der Waals surface area contributed by atoms with Crippen molar-refractivity contribution in [1.29, 1.82) is 5.26 Å². The third-order valence-electron chi connectivity index (χ3n) is 5.26. The lowest BCUT2D eigenvalue weighted by molar-refractivity contribution is -0.149. The molecule has 4 rings (SSSR count). The monoisotopic (exact) mass is 486 g/mol. The van der Waals surface area contributed by atoms with Gasteiger partial charge in [-0.05, 0) is 54.6 Å². The molecule has 0 bridgehead atoms. The highest BCUT2D eigenvalue weighted by Crippen LogP contribution is 2.37. The number of nitrogens with zero attached hydrogens (tertiary/aromatic N) is 2. The van der Waals surface area contributed by atoms with Crippen LogP contribution in [-0.4, -0.2) is 34.7 Å². The maximum atomic E-state index is 13.0. The van der Waals surface area contributed by atoms with Crippen molar-refractivity contribution in [3.63, 3.8) is 0 Å². The molecule has 176 valence electrons. The van der Waals surface area contributed by atoms with E-state index in [1.807, 2.05) is 42.5 Å². The predicted octanol–water partition coefficient (Wildman–Crippen LogP) is 5.28. The summed E-state index contributed by atoms with van der Waals surface area (Å²) in [5, 5.41) is 10.6. The van der Waals surface area contributed by atoms with Gasteiger partial charge >= 0.3 is 5.97 Å². The second-order valence-corrected chi connectivity index (χ2v) is 9.06. The number of amides is 2. The fourth-order valence-electron chi connectivity index (χ4n) is 3.66. The summed E-state index contributed by atoms with van der Waals surface area (Å²) in [6, 6.07) is 20.7. The summed E-state index contributed by atoms with van der Waals surface area (Å²) in [5.41, 5.74) is 1.88. The summed E-state index contributed by atoms with van der Waals surface area (Å²) in [7, 11) is 0. The molecular weight excluding hydrogens is 464 g/mol. The van der Waals surface area contributed by atoms with E-state index in [9.17, 15) is 19.6 Å². The molecule has 3 aromatic rings. The molecule has 0 unspecified atom stereocenters. The lowest BCUT2D eigenvalue weighted by Gasteiger charge is -2.14. The van der Waals surface area contributed by atoms with Crippen LogP contribution in [0.25, 0.3) is 16.8 Å². The Morgan fingerprint density at radius 3 is 2.60 bits per heavy atom. The quantitative estimate of drug-likeness (QED) is 0.331. The lowest BCUT2D eigenvalue weighted by Crippen LogP contribution is -2.35. The molecule has 3 aromatic carbocycles. The molecule has 0 spiro atoms. The van der Waals surface area contributed by atoms with Crippen molar-refractivity contribution in [3.8, 4) is 11.8 Å². The summed E-state index contributed by atoms with van der Waals surface area (Å²) in [6.07, 6.45) is 1.27. The van der Waals surface area contributed by atoms with E-state index in [0.29, 0.717) is 16.9 Å². The van der Waals surface area contributed by atoms with Crippen molar-refractivity contribution in [2.45, 2.75) is 26.6 Å². The predicted molar refractivity (Wildman–Crippen MR) is 133 cm³/mol. The molecule has 1 aliphatic heterocycles. The van der Waals surface area contributed by atoms with Crippen LogP contribution in [0.4, 0.5) is 4.79 Å². The Kier molecular flexibility index (Phi) is 7.18. The zero-order valence-corrected chi connectivity index (χ0v) is 20.0. The first-order chi connectivity index (χ1) is 16.9. The zero-order valence-electron chi connectivity index (χ0n) is 19.2. The van der Waals surface area contributed by atoms with Crippen LogP contribution in [0.15, 0.2) is 65.6 Å². The summed E-state index contributed by atoms with van der Waals surface area (Å²) in [6.45, 7) is 3.11. The molecule has 0 saturated carbocycles. The number of imide groups is 1. The Bertz CT molecular complexity index is 1390. The molecule has 0 N–H and O–H groups in total. The summed E-state index contributed by atoms with van der Waals surface area (Å²) >= 11 is 0.767. The number of carbonyl (C=O) groups excluding carboxylic acids is 3. The van der Waals surface area contributed by atoms with Gasteiger partial charge in [-0.2, -0.15) is 5.26 Å². The number of esters is 1. The van der Waals surface area contributed by atoms with Crippen LogP contribution in [0.3, 0.4) is 0 Å². The number of fused-ring (bicyclic) bond motifs is 1. The molecule has 1 fully saturated rings. The van der Waals surface area contributed by atoms with Gasteiger partial charge in [0.15, 0.2) is 0 Å². The third kappa shape index (κ3) is 5.36. The molecular formula is C27H22N2O5S. The zero-order chi connectivity index (χ0) is 24.9. The van der Waals surface area contributed by atoms with Gasteiger partial charge < -0.3 is 9.47 Å². The molecule has 1 saturated heterocycles. The number of hydrogen-bond acceptors (Lipinski definition) is 7. The second kappa shape index (κ2) is 10.5. The average Bonchev–Trinajstić information content (AvgIpc) is 3.10. The van der Waals surface area contributed by atoms with Crippen molar-refractivity contribution in [2.24, 2.45) is 0 Å². The van der Waals surface area contributed by atoms with E-state index in [1.165, 1.54) is 0 Å². The smallest absolute Gasteiger partial charge is 0.326 e. The van der Waals surface area contributed by atoms with Gasteiger partial charge in [0.05, 0.1) is 22.6 Å². The Hall–Kier alpha value is -4.09. The van der Waals surface area contributed by atoms with Gasteiger partial charge in [-0.25, -0.2) is 0 Å². The standard InChI is InChI=1S/C27H22N2O5S/c1-17(2)34-25(30)15-29-26(31)24(35-27(29)32)13-22-21-10-6-5-7-18(21)11-12-23(22)33-16-20-9-4-3-8-19(20)14-28/h3-13,17H,15-16H2,1-2H3/b24-13+. The number of ether oxygens (including phenoxy) is 2. The molecule has 0 aliphatic carbocycles. The van der Waals surface area contributed by atoms with Gasteiger partial charge in [-0.15, -0.1) is 0 Å². The van der Waals surface area contributed by atoms with Crippen molar-refractivity contribution < 1.29 is 23.9 Å². The van der Waals surface area contributed by atoms with E-state index in [-0.39, 0.29) is 17.6 Å². The average molecular weight is 487 g/mol. The second-order valence-electron chi connectivity index (χ2n) is 8.06. The first-order valence-corrected chi connectivity index (χ1v) is 11.8. The Morgan fingerprint density at radius 2 is 1.83 bits per heavy atom. The Labute approximate surface area is 206 Å². The maximum Gasteiger partial charge on any atom is 0.326 e. The largest absolute Gasteiger partial charge is 0.488 e. The van der Waals surface area contributed by atoms with E-state index in [4.69, 9.17) is 9.47 Å². The van der Waals surface area contributed by atoms with E-state index >= 15 is 0 Å². The van der Waals surface area contributed by atoms with Crippen LogP contribution in [0.1, 0.15) is 30.5 Å². The summed E-state index contributed by atoms with van der Waals surface area (Å²) < 4.78 is 11.2. The van der Waals surface area contributed by atoms with Gasteiger partial charge in [0.1, 0.15) is 18.9 Å². The normalized spacial score (nSPS) is 14.6. The van der Waals surface area contributed by atoms with Gasteiger partial charge in [-0.1, -0.05) is 48.5 Å². The van der Waals surface area contributed by atoms with Crippen molar-refractivity contribution in [1.82, 2.24) is 4.90 Å². The van der Waals surface area contributed by atoms with Gasteiger partial charge in [0.25, 0.3) is 11.1 Å². The van der Waals surface area contributed by atoms with Gasteiger partial charge in [0.2, 0.25) is 0 Å². The number of carbonyl (C=O) groups is 3. The number of nitriles is 1. The number of thioether (sulfide) groups is 1. The topological polar surface area (TPSA) is 96.7 Å². The summed E-state index contributed by atoms with van der Waals surface area (Å²) in [4.78, 5) is 38.6. The molecule has 0 atom stereocenters. The van der Waals surface area contributed by atoms with E-state index in [0.717, 1.165) is 33.0 Å². The number of rotatable bonds is 7. The number of benzene rings is 3. The van der Waals surface area contributed by atoms with Crippen LogP contribution in [0, 0.1) is 11.3 Å². The molecule has 8 heteroatoms. The Morgan fingerprint density at radius 1 is 1.09 bits per heavy atom. The van der Waals surface area contributed by atoms with Crippen LogP contribution in [-0.2, 0) is 20.9 Å². The first-order valence-electron chi connectivity index (χ1n) is 10.9. The number of hydrogen-bond donors (Lipinski definition) is 0. The first kappa shape index (κ1) is 24.0. The van der Waals surface area contributed by atoms with Crippen molar-refractivity contribution in [2.75, 3.05) is 6.54 Å². The molecule has 1 heterocycles. The van der Waals surface area contributed by atoms with Crippen LogP contribution in [0.5, 0.6) is 5.75 Å². The van der Waals surface area contributed by atoms with Crippen molar-refractivity contribution in [3.05, 3.63) is 82.3 Å². The minimum atomic E-state index is -0.645. The van der Waals surface area contributed by atoms with Crippen LogP contribution in [0.2, 0.25) is 0 Å². The molecule has 0 radical (unpaired) electrons. The molecule has 2 amide bonds. The maximum absolute atomic E-state index is 13.0.